The molecule has 22 heavy (non-hydrogen) atoms. The van der Waals surface area contributed by atoms with Crippen molar-refractivity contribution in [2.75, 3.05) is 5.73 Å². The molecule has 0 unspecified atom stereocenters. The van der Waals surface area contributed by atoms with Gasteiger partial charge in [-0.25, -0.2) is 14.8 Å². The van der Waals surface area contributed by atoms with E-state index < -0.39 is 5.97 Å². The molecule has 0 amide bonds. The first-order valence-electron chi connectivity index (χ1n) is 6.43. The zero-order valence-electron chi connectivity index (χ0n) is 11.4. The third-order valence-corrected chi connectivity index (χ3v) is 3.15. The van der Waals surface area contributed by atoms with Crippen molar-refractivity contribution in [1.82, 2.24) is 14.4 Å². The molecule has 108 valence electrons. The maximum absolute atomic E-state index is 12.0. The van der Waals surface area contributed by atoms with E-state index in [2.05, 4.69) is 16.0 Å². The van der Waals surface area contributed by atoms with Crippen molar-refractivity contribution in [2.24, 2.45) is 0 Å². The van der Waals surface area contributed by atoms with Gasteiger partial charge in [0.1, 0.15) is 12.7 Å². The number of nitrogens with zero attached hydrogens (tertiary/aromatic N) is 4. The summed E-state index contributed by atoms with van der Waals surface area (Å²) in [4.78, 5) is 19.6. The summed E-state index contributed by atoms with van der Waals surface area (Å²) in [5.74, 6) is -0.667. The monoisotopic (exact) mass is 293 g/mol. The fraction of sp³-hybridized carbons (Fsp3) is 0.0667. The first-order chi connectivity index (χ1) is 10.7. The summed E-state index contributed by atoms with van der Waals surface area (Å²) in [5.41, 5.74) is 7.39. The molecule has 0 bridgehead atoms. The molecule has 0 fully saturated rings. The van der Waals surface area contributed by atoms with E-state index in [1.165, 1.54) is 12.4 Å². The van der Waals surface area contributed by atoms with Gasteiger partial charge in [-0.1, -0.05) is 6.07 Å². The standard InChI is InChI=1S/C15H11N5O2/c16-7-11-10(8-20-6-2-1-3-12(11)20)9-22-15(21)13-14(17)19-5-4-18-13/h1-6,8H,9H2,(H2,17,19). The van der Waals surface area contributed by atoms with Gasteiger partial charge in [-0.3, -0.25) is 0 Å². The Balaban J connectivity index is 1.84. The van der Waals surface area contributed by atoms with Crippen molar-refractivity contribution in [1.29, 1.82) is 5.26 Å². The van der Waals surface area contributed by atoms with Gasteiger partial charge in [0.25, 0.3) is 0 Å². The first kappa shape index (κ1) is 13.6. The van der Waals surface area contributed by atoms with E-state index in [1.54, 1.807) is 10.6 Å². The molecule has 0 aromatic carbocycles. The van der Waals surface area contributed by atoms with Gasteiger partial charge >= 0.3 is 5.97 Å². The van der Waals surface area contributed by atoms with Crippen LogP contribution < -0.4 is 5.73 Å². The number of hydrogen-bond acceptors (Lipinski definition) is 6. The molecule has 7 nitrogen and oxygen atoms in total. The molecule has 0 spiro atoms. The lowest BCUT2D eigenvalue weighted by atomic mass is 10.2. The molecule has 0 saturated heterocycles. The Morgan fingerprint density at radius 3 is 2.95 bits per heavy atom. The minimum absolute atomic E-state index is 0.00930. The zero-order valence-corrected chi connectivity index (χ0v) is 11.4. The van der Waals surface area contributed by atoms with Crippen molar-refractivity contribution < 1.29 is 9.53 Å². The third-order valence-electron chi connectivity index (χ3n) is 3.15. The molecular weight excluding hydrogens is 282 g/mol. The van der Waals surface area contributed by atoms with Crippen LogP contribution in [0.25, 0.3) is 5.52 Å². The van der Waals surface area contributed by atoms with Crippen LogP contribution in [0.1, 0.15) is 21.6 Å². The van der Waals surface area contributed by atoms with E-state index in [0.717, 1.165) is 5.52 Å². The highest BCUT2D eigenvalue weighted by Gasteiger charge is 2.16. The van der Waals surface area contributed by atoms with E-state index in [1.807, 2.05) is 24.4 Å². The number of hydrogen-bond donors (Lipinski definition) is 1. The SMILES string of the molecule is N#Cc1c(COC(=O)c2nccnc2N)cn2ccccc12. The number of esters is 1. The molecule has 0 aliphatic heterocycles. The van der Waals surface area contributed by atoms with Gasteiger partial charge in [0.2, 0.25) is 0 Å². The van der Waals surface area contributed by atoms with Crippen LogP contribution >= 0.6 is 0 Å². The summed E-state index contributed by atoms with van der Waals surface area (Å²) in [6, 6.07) is 7.64. The number of carbonyl (C=O) groups excluding carboxylic acids is 1. The van der Waals surface area contributed by atoms with Gasteiger partial charge in [0.05, 0.1) is 11.1 Å². The van der Waals surface area contributed by atoms with Crippen LogP contribution in [0, 0.1) is 11.3 Å². The summed E-state index contributed by atoms with van der Waals surface area (Å²) < 4.78 is 6.99. The van der Waals surface area contributed by atoms with Crippen molar-refractivity contribution in [3.05, 3.63) is 59.8 Å². The second-order valence-electron chi connectivity index (χ2n) is 4.50. The molecule has 7 heteroatoms. The van der Waals surface area contributed by atoms with Gasteiger partial charge in [0, 0.05) is 30.4 Å². The summed E-state index contributed by atoms with van der Waals surface area (Å²) in [5, 5.41) is 9.29. The number of pyridine rings is 1. The summed E-state index contributed by atoms with van der Waals surface area (Å²) >= 11 is 0. The molecule has 0 radical (unpaired) electrons. The van der Waals surface area contributed by atoms with Crippen LogP contribution in [-0.4, -0.2) is 20.3 Å². The average Bonchev–Trinajstić information content (AvgIpc) is 2.90. The molecule has 0 saturated carbocycles. The van der Waals surface area contributed by atoms with E-state index in [4.69, 9.17) is 10.5 Å². The second-order valence-corrected chi connectivity index (χ2v) is 4.50. The summed E-state index contributed by atoms with van der Waals surface area (Å²) in [7, 11) is 0. The van der Waals surface area contributed by atoms with Gasteiger partial charge < -0.3 is 14.9 Å². The lowest BCUT2D eigenvalue weighted by molar-refractivity contribution is 0.0466. The van der Waals surface area contributed by atoms with E-state index in [-0.39, 0.29) is 18.1 Å². The Morgan fingerprint density at radius 2 is 2.18 bits per heavy atom. The number of carbonyl (C=O) groups is 1. The molecule has 3 rings (SSSR count). The summed E-state index contributed by atoms with van der Waals surface area (Å²) in [6.45, 7) is -0.0422. The lowest BCUT2D eigenvalue weighted by Gasteiger charge is -2.04. The molecule has 2 N–H and O–H groups in total. The fourth-order valence-corrected chi connectivity index (χ4v) is 2.13. The molecule has 0 aliphatic carbocycles. The number of aromatic nitrogens is 3. The number of ether oxygens (including phenoxy) is 1. The topological polar surface area (TPSA) is 106 Å². The van der Waals surface area contributed by atoms with Crippen molar-refractivity contribution in [3.8, 4) is 6.07 Å². The Hall–Kier alpha value is -3.40. The van der Waals surface area contributed by atoms with E-state index in [0.29, 0.717) is 11.1 Å². The normalized spacial score (nSPS) is 10.3. The maximum atomic E-state index is 12.0. The summed E-state index contributed by atoms with van der Waals surface area (Å²) in [6.07, 6.45) is 6.32. The fourth-order valence-electron chi connectivity index (χ4n) is 2.13. The van der Waals surface area contributed by atoms with Crippen LogP contribution in [0.15, 0.2) is 43.0 Å². The van der Waals surface area contributed by atoms with Crippen LogP contribution in [0.4, 0.5) is 5.82 Å². The second kappa shape index (κ2) is 5.54. The van der Waals surface area contributed by atoms with Gasteiger partial charge in [-0.15, -0.1) is 0 Å². The largest absolute Gasteiger partial charge is 0.456 e. The Bertz CT molecular complexity index is 894. The molecule has 0 atom stereocenters. The van der Waals surface area contributed by atoms with Crippen molar-refractivity contribution >= 4 is 17.3 Å². The van der Waals surface area contributed by atoms with E-state index in [9.17, 15) is 10.1 Å². The van der Waals surface area contributed by atoms with Crippen molar-refractivity contribution in [3.63, 3.8) is 0 Å². The quantitative estimate of drug-likeness (QED) is 0.734. The Labute approximate surface area is 125 Å². The Morgan fingerprint density at radius 1 is 1.36 bits per heavy atom. The van der Waals surface area contributed by atoms with Crippen molar-refractivity contribution in [2.45, 2.75) is 6.61 Å². The maximum Gasteiger partial charge on any atom is 0.361 e. The average molecular weight is 293 g/mol. The predicted octanol–water partition coefficient (Wildman–Crippen LogP) is 1.54. The highest BCUT2D eigenvalue weighted by atomic mass is 16.5. The number of anilines is 1. The molecule has 3 heterocycles. The van der Waals surface area contributed by atoms with Crippen LogP contribution in [0.2, 0.25) is 0 Å². The van der Waals surface area contributed by atoms with Gasteiger partial charge in [-0.05, 0) is 12.1 Å². The molecular formula is C15H11N5O2. The number of nitrogen functional groups attached to an aromatic ring is 1. The number of nitrogens with two attached hydrogens (primary N) is 1. The smallest absolute Gasteiger partial charge is 0.361 e. The Kier molecular flexibility index (Phi) is 3.42. The molecule has 3 aromatic heterocycles. The van der Waals surface area contributed by atoms with Gasteiger partial charge in [-0.2, -0.15) is 5.26 Å². The number of fused-ring (bicyclic) bond motifs is 1. The van der Waals surface area contributed by atoms with Crippen LogP contribution in [0.3, 0.4) is 0 Å². The molecule has 0 aliphatic rings. The predicted molar refractivity (Wildman–Crippen MR) is 77.7 cm³/mol. The van der Waals surface area contributed by atoms with Gasteiger partial charge in [0.15, 0.2) is 11.5 Å². The number of rotatable bonds is 3. The van der Waals surface area contributed by atoms with E-state index >= 15 is 0 Å². The first-order valence-corrected chi connectivity index (χ1v) is 6.43. The van der Waals surface area contributed by atoms with Crippen LogP contribution in [-0.2, 0) is 11.3 Å². The highest BCUT2D eigenvalue weighted by molar-refractivity contribution is 5.91. The third kappa shape index (κ3) is 2.33. The van der Waals surface area contributed by atoms with Crippen LogP contribution in [0.5, 0.6) is 0 Å². The minimum Gasteiger partial charge on any atom is -0.456 e. The highest BCUT2D eigenvalue weighted by Crippen LogP contribution is 2.19. The lowest BCUT2D eigenvalue weighted by Crippen LogP contribution is -2.11. The zero-order chi connectivity index (χ0) is 15.5. The number of nitriles is 1. The molecule has 3 aromatic rings. The minimum atomic E-state index is -0.676.